The van der Waals surface area contributed by atoms with Gasteiger partial charge in [-0.25, -0.2) is 0 Å². The summed E-state index contributed by atoms with van der Waals surface area (Å²) in [5.74, 6) is 0. The molecule has 1 aliphatic carbocycles. The van der Waals surface area contributed by atoms with Gasteiger partial charge in [-0.05, 0) is 24.5 Å². The molecule has 0 bridgehead atoms. The van der Waals surface area contributed by atoms with E-state index in [2.05, 4.69) is 11.1 Å². The second kappa shape index (κ2) is 2.38. The molecule has 2 heteroatoms. The van der Waals surface area contributed by atoms with Crippen molar-refractivity contribution in [1.82, 2.24) is 4.98 Å². The van der Waals surface area contributed by atoms with Crippen LogP contribution in [0.1, 0.15) is 31.2 Å². The fourth-order valence-corrected chi connectivity index (χ4v) is 1.93. The molecule has 0 aromatic carbocycles. The number of hydrogen-bond acceptors (Lipinski definition) is 1. The minimum atomic E-state index is -0.0139. The Hall–Kier alpha value is -0.760. The molecule has 1 aromatic rings. The maximum absolute atomic E-state index is 6.20. The highest BCUT2D eigenvalue weighted by Crippen LogP contribution is 2.35. The first-order valence-electron chi connectivity index (χ1n) is 4.23. The van der Waals surface area contributed by atoms with Crippen LogP contribution in [0, 0.1) is 0 Å². The van der Waals surface area contributed by atoms with Crippen LogP contribution in [0.25, 0.3) is 0 Å². The van der Waals surface area contributed by atoms with Gasteiger partial charge in [-0.3, -0.25) is 0 Å². The molecule has 0 aliphatic heterocycles. The van der Waals surface area contributed by atoms with Gasteiger partial charge in [0.15, 0.2) is 0 Å². The van der Waals surface area contributed by atoms with E-state index < -0.39 is 0 Å². The minimum Gasteiger partial charge on any atom is -0.367 e. The topological polar surface area (TPSA) is 41.8 Å². The lowest BCUT2D eigenvalue weighted by Crippen LogP contribution is -2.32. The van der Waals surface area contributed by atoms with Crippen LogP contribution in [0.15, 0.2) is 18.5 Å². The maximum Gasteiger partial charge on any atom is 0.0424 e. The Morgan fingerprint density at radius 1 is 1.36 bits per heavy atom. The summed E-state index contributed by atoms with van der Waals surface area (Å²) in [4.78, 5) is 3.05. The number of hydrogen-bond donors (Lipinski definition) is 2. The number of rotatable bonds is 1. The molecule has 0 atom stereocenters. The van der Waals surface area contributed by atoms with Gasteiger partial charge in [-0.15, -0.1) is 0 Å². The van der Waals surface area contributed by atoms with Gasteiger partial charge in [0.1, 0.15) is 0 Å². The molecule has 0 radical (unpaired) electrons. The van der Waals surface area contributed by atoms with Crippen LogP contribution in [0.3, 0.4) is 0 Å². The fraction of sp³-hybridized carbons (Fsp3) is 0.556. The molecule has 0 spiro atoms. The van der Waals surface area contributed by atoms with Crippen molar-refractivity contribution in [2.75, 3.05) is 0 Å². The zero-order chi connectivity index (χ0) is 7.73. The molecule has 0 unspecified atom stereocenters. The molecular weight excluding hydrogens is 136 g/mol. The Bertz CT molecular complexity index is 220. The van der Waals surface area contributed by atoms with E-state index in [9.17, 15) is 0 Å². The second-order valence-electron chi connectivity index (χ2n) is 3.46. The predicted octanol–water partition coefficient (Wildman–Crippen LogP) is 1.74. The Morgan fingerprint density at radius 3 is 2.64 bits per heavy atom. The number of aromatic amines is 1. The third-order valence-electron chi connectivity index (χ3n) is 2.67. The van der Waals surface area contributed by atoms with E-state index in [-0.39, 0.29) is 5.54 Å². The Morgan fingerprint density at radius 2 is 2.09 bits per heavy atom. The maximum atomic E-state index is 6.20. The van der Waals surface area contributed by atoms with Crippen molar-refractivity contribution in [3.05, 3.63) is 24.0 Å². The second-order valence-corrected chi connectivity index (χ2v) is 3.46. The van der Waals surface area contributed by atoms with Gasteiger partial charge in [0, 0.05) is 17.9 Å². The summed E-state index contributed by atoms with van der Waals surface area (Å²) in [6.45, 7) is 0. The smallest absolute Gasteiger partial charge is 0.0424 e. The van der Waals surface area contributed by atoms with Crippen LogP contribution < -0.4 is 5.73 Å². The van der Waals surface area contributed by atoms with Crippen LogP contribution >= 0.6 is 0 Å². The van der Waals surface area contributed by atoms with Crippen molar-refractivity contribution in [3.8, 4) is 0 Å². The van der Waals surface area contributed by atoms with Crippen LogP contribution in [0.5, 0.6) is 0 Å². The molecule has 1 fully saturated rings. The summed E-state index contributed by atoms with van der Waals surface area (Å²) in [6.07, 6.45) is 8.81. The van der Waals surface area contributed by atoms with Gasteiger partial charge in [-0.1, -0.05) is 12.8 Å². The third kappa shape index (κ3) is 1.07. The summed E-state index contributed by atoms with van der Waals surface area (Å²) in [7, 11) is 0. The first-order valence-corrected chi connectivity index (χ1v) is 4.23. The SMILES string of the molecule is NC1(c2cc[nH]c2)CCCC1. The summed E-state index contributed by atoms with van der Waals surface area (Å²) in [6, 6.07) is 2.09. The summed E-state index contributed by atoms with van der Waals surface area (Å²) in [5, 5.41) is 0. The lowest BCUT2D eigenvalue weighted by Gasteiger charge is -2.21. The van der Waals surface area contributed by atoms with E-state index in [4.69, 9.17) is 5.73 Å². The molecule has 2 nitrogen and oxygen atoms in total. The summed E-state index contributed by atoms with van der Waals surface area (Å²) in [5.41, 5.74) is 7.46. The highest BCUT2D eigenvalue weighted by atomic mass is 14.8. The van der Waals surface area contributed by atoms with Crippen LogP contribution in [0.4, 0.5) is 0 Å². The van der Waals surface area contributed by atoms with Crippen molar-refractivity contribution in [3.63, 3.8) is 0 Å². The molecule has 2 rings (SSSR count). The average Bonchev–Trinajstić information content (AvgIpc) is 2.55. The minimum absolute atomic E-state index is 0.0139. The predicted molar refractivity (Wildman–Crippen MR) is 45.1 cm³/mol. The zero-order valence-corrected chi connectivity index (χ0v) is 6.64. The van der Waals surface area contributed by atoms with Crippen LogP contribution in [0.2, 0.25) is 0 Å². The van der Waals surface area contributed by atoms with Gasteiger partial charge in [0.25, 0.3) is 0 Å². The monoisotopic (exact) mass is 150 g/mol. The highest BCUT2D eigenvalue weighted by Gasteiger charge is 2.31. The van der Waals surface area contributed by atoms with Gasteiger partial charge in [0.2, 0.25) is 0 Å². The average molecular weight is 150 g/mol. The molecular formula is C9H14N2. The molecule has 1 aromatic heterocycles. The molecule has 0 amide bonds. The molecule has 0 saturated heterocycles. The van der Waals surface area contributed by atoms with Crippen LogP contribution in [-0.4, -0.2) is 4.98 Å². The Balaban J connectivity index is 2.27. The third-order valence-corrected chi connectivity index (χ3v) is 2.67. The van der Waals surface area contributed by atoms with Crippen molar-refractivity contribution in [2.24, 2.45) is 5.73 Å². The number of H-pyrrole nitrogens is 1. The van der Waals surface area contributed by atoms with E-state index in [0.717, 1.165) is 12.8 Å². The van der Waals surface area contributed by atoms with Crippen molar-refractivity contribution in [2.45, 2.75) is 31.2 Å². The standard InChI is InChI=1S/C9H14N2/c10-9(4-1-2-5-9)8-3-6-11-7-8/h3,6-7,11H,1-2,4-5,10H2. The summed E-state index contributed by atoms with van der Waals surface area (Å²) >= 11 is 0. The Labute approximate surface area is 66.8 Å². The highest BCUT2D eigenvalue weighted by molar-refractivity contribution is 5.21. The quantitative estimate of drug-likeness (QED) is 0.629. The van der Waals surface area contributed by atoms with E-state index in [1.54, 1.807) is 0 Å². The molecule has 11 heavy (non-hydrogen) atoms. The summed E-state index contributed by atoms with van der Waals surface area (Å²) < 4.78 is 0. The molecule has 1 saturated carbocycles. The van der Waals surface area contributed by atoms with Crippen molar-refractivity contribution >= 4 is 0 Å². The molecule has 3 N–H and O–H groups in total. The zero-order valence-electron chi connectivity index (χ0n) is 6.64. The normalized spacial score (nSPS) is 22.3. The molecule has 1 aliphatic rings. The molecule has 60 valence electrons. The first kappa shape index (κ1) is 6.92. The lowest BCUT2D eigenvalue weighted by atomic mass is 9.92. The van der Waals surface area contributed by atoms with E-state index in [1.165, 1.54) is 18.4 Å². The van der Waals surface area contributed by atoms with Crippen molar-refractivity contribution < 1.29 is 0 Å². The van der Waals surface area contributed by atoms with Gasteiger partial charge in [0.05, 0.1) is 0 Å². The van der Waals surface area contributed by atoms with Crippen LogP contribution in [-0.2, 0) is 5.54 Å². The number of nitrogens with one attached hydrogen (secondary N) is 1. The lowest BCUT2D eigenvalue weighted by molar-refractivity contribution is 0.462. The Kier molecular flexibility index (Phi) is 1.50. The number of aromatic nitrogens is 1. The van der Waals surface area contributed by atoms with Crippen molar-refractivity contribution in [1.29, 1.82) is 0 Å². The van der Waals surface area contributed by atoms with Gasteiger partial charge < -0.3 is 10.7 Å². The van der Waals surface area contributed by atoms with Gasteiger partial charge >= 0.3 is 0 Å². The number of nitrogens with two attached hydrogens (primary N) is 1. The van der Waals surface area contributed by atoms with E-state index in [0.29, 0.717) is 0 Å². The van der Waals surface area contributed by atoms with Gasteiger partial charge in [-0.2, -0.15) is 0 Å². The first-order chi connectivity index (χ1) is 5.31. The van der Waals surface area contributed by atoms with E-state index in [1.807, 2.05) is 12.4 Å². The fourth-order valence-electron chi connectivity index (χ4n) is 1.93. The van der Waals surface area contributed by atoms with E-state index >= 15 is 0 Å². The largest absolute Gasteiger partial charge is 0.367 e. The molecule has 1 heterocycles.